The minimum atomic E-state index is 0.257. The molecule has 1 aliphatic heterocycles. The van der Waals surface area contributed by atoms with Crippen LogP contribution >= 0.6 is 11.6 Å². The predicted molar refractivity (Wildman–Crippen MR) is 71.2 cm³/mol. The molecule has 2 nitrogen and oxygen atoms in total. The van der Waals surface area contributed by atoms with E-state index in [1.807, 2.05) is 0 Å². The summed E-state index contributed by atoms with van der Waals surface area (Å²) in [6.07, 6.45) is 7.80. The summed E-state index contributed by atoms with van der Waals surface area (Å²) in [5.74, 6) is 1.19. The molecular formula is C14H24ClNO. The third-order valence-electron chi connectivity index (χ3n) is 4.43. The molecule has 17 heavy (non-hydrogen) atoms. The van der Waals surface area contributed by atoms with Gasteiger partial charge in [-0.05, 0) is 44.4 Å². The van der Waals surface area contributed by atoms with Gasteiger partial charge in [0.25, 0.3) is 0 Å². The molecule has 2 rings (SSSR count). The molecule has 1 saturated carbocycles. The Hall–Kier alpha value is -0.240. The highest BCUT2D eigenvalue weighted by Crippen LogP contribution is 2.36. The van der Waals surface area contributed by atoms with E-state index in [0.29, 0.717) is 17.2 Å². The van der Waals surface area contributed by atoms with Crippen LogP contribution in [-0.2, 0) is 4.79 Å². The van der Waals surface area contributed by atoms with Gasteiger partial charge in [0.05, 0.1) is 0 Å². The molecule has 0 aromatic rings. The van der Waals surface area contributed by atoms with Crippen molar-refractivity contribution in [3.05, 3.63) is 0 Å². The molecule has 0 aromatic carbocycles. The Labute approximate surface area is 110 Å². The molecule has 0 aromatic heterocycles. The zero-order valence-corrected chi connectivity index (χ0v) is 11.6. The Morgan fingerprint density at radius 1 is 1.24 bits per heavy atom. The Morgan fingerprint density at radius 3 is 2.59 bits per heavy atom. The molecule has 3 unspecified atom stereocenters. The monoisotopic (exact) mass is 257 g/mol. The maximum atomic E-state index is 12.5. The van der Waals surface area contributed by atoms with Gasteiger partial charge in [0.15, 0.2) is 0 Å². The predicted octanol–water partition coefficient (Wildman–Crippen LogP) is 3.43. The Balaban J connectivity index is 1.96. The van der Waals surface area contributed by atoms with E-state index in [2.05, 4.69) is 11.8 Å². The van der Waals surface area contributed by atoms with Crippen molar-refractivity contribution in [1.29, 1.82) is 0 Å². The van der Waals surface area contributed by atoms with Crippen molar-refractivity contribution in [3.8, 4) is 0 Å². The second-order valence-corrected chi connectivity index (χ2v) is 6.19. The van der Waals surface area contributed by atoms with Crippen molar-refractivity contribution in [2.24, 2.45) is 11.8 Å². The summed E-state index contributed by atoms with van der Waals surface area (Å²) in [4.78, 5) is 14.6. The Bertz CT molecular complexity index is 263. The summed E-state index contributed by atoms with van der Waals surface area (Å²) < 4.78 is 0. The first-order valence-corrected chi connectivity index (χ1v) is 7.59. The van der Waals surface area contributed by atoms with E-state index in [9.17, 15) is 4.79 Å². The van der Waals surface area contributed by atoms with E-state index >= 15 is 0 Å². The van der Waals surface area contributed by atoms with Gasteiger partial charge >= 0.3 is 0 Å². The lowest BCUT2D eigenvalue weighted by atomic mass is 9.76. The third-order valence-corrected chi connectivity index (χ3v) is 4.82. The number of nitrogens with zero attached hydrogens (tertiary/aromatic N) is 1. The number of amides is 1. The highest BCUT2D eigenvalue weighted by Gasteiger charge is 2.35. The molecule has 2 aliphatic rings. The first-order valence-electron chi connectivity index (χ1n) is 7.15. The summed E-state index contributed by atoms with van der Waals surface area (Å²) in [6, 6.07) is 0. The van der Waals surface area contributed by atoms with E-state index in [1.165, 1.54) is 19.3 Å². The van der Waals surface area contributed by atoms with Gasteiger partial charge in [0.2, 0.25) is 5.91 Å². The first-order chi connectivity index (χ1) is 8.22. The van der Waals surface area contributed by atoms with Gasteiger partial charge in [0.1, 0.15) is 0 Å². The van der Waals surface area contributed by atoms with Gasteiger partial charge in [-0.2, -0.15) is 0 Å². The summed E-state index contributed by atoms with van der Waals surface area (Å²) >= 11 is 6.22. The number of hydrogen-bond donors (Lipinski definition) is 0. The minimum Gasteiger partial charge on any atom is -0.342 e. The molecule has 0 radical (unpaired) electrons. The number of halogens is 1. The zero-order valence-electron chi connectivity index (χ0n) is 10.8. The van der Waals surface area contributed by atoms with Crippen molar-refractivity contribution >= 4 is 17.5 Å². The highest BCUT2D eigenvalue weighted by molar-refractivity contribution is 6.20. The van der Waals surface area contributed by atoms with Crippen LogP contribution in [0.25, 0.3) is 0 Å². The number of carbonyl (C=O) groups excluding carboxylic acids is 1. The SMILES string of the molecule is CCC1CC(Cl)CCC1C(=O)N1CCCCC1. The lowest BCUT2D eigenvalue weighted by molar-refractivity contribution is -0.139. The van der Waals surface area contributed by atoms with Gasteiger partial charge in [-0.1, -0.05) is 13.3 Å². The molecule has 1 heterocycles. The van der Waals surface area contributed by atoms with Crippen LogP contribution in [0.5, 0.6) is 0 Å². The van der Waals surface area contributed by atoms with Crippen molar-refractivity contribution in [2.75, 3.05) is 13.1 Å². The second kappa shape index (κ2) is 6.08. The summed E-state index contributed by atoms with van der Waals surface area (Å²) in [5, 5.41) is 0.297. The number of likely N-dealkylation sites (tertiary alicyclic amines) is 1. The van der Waals surface area contributed by atoms with Crippen molar-refractivity contribution in [2.45, 2.75) is 57.2 Å². The van der Waals surface area contributed by atoms with Gasteiger partial charge < -0.3 is 4.90 Å². The highest BCUT2D eigenvalue weighted by atomic mass is 35.5. The van der Waals surface area contributed by atoms with Crippen LogP contribution in [0.3, 0.4) is 0 Å². The van der Waals surface area contributed by atoms with E-state index in [4.69, 9.17) is 11.6 Å². The first kappa shape index (κ1) is 13.2. The molecule has 0 bridgehead atoms. The fraction of sp³-hybridized carbons (Fsp3) is 0.929. The van der Waals surface area contributed by atoms with E-state index in [-0.39, 0.29) is 5.92 Å². The fourth-order valence-corrected chi connectivity index (χ4v) is 3.69. The number of hydrogen-bond acceptors (Lipinski definition) is 1. The average Bonchev–Trinajstić information content (AvgIpc) is 2.39. The van der Waals surface area contributed by atoms with Crippen LogP contribution in [0, 0.1) is 11.8 Å². The largest absolute Gasteiger partial charge is 0.342 e. The third kappa shape index (κ3) is 3.15. The maximum absolute atomic E-state index is 12.5. The van der Waals surface area contributed by atoms with Crippen molar-refractivity contribution in [1.82, 2.24) is 4.90 Å². The lowest BCUT2D eigenvalue weighted by Gasteiger charge is -2.37. The second-order valence-electron chi connectivity index (χ2n) is 5.57. The maximum Gasteiger partial charge on any atom is 0.225 e. The number of alkyl halides is 1. The van der Waals surface area contributed by atoms with Gasteiger partial charge in [-0.15, -0.1) is 11.6 Å². The molecule has 1 amide bonds. The van der Waals surface area contributed by atoms with Crippen molar-refractivity contribution < 1.29 is 4.79 Å². The molecule has 0 N–H and O–H groups in total. The van der Waals surface area contributed by atoms with Crippen LogP contribution in [0.1, 0.15) is 51.9 Å². The standard InChI is InChI=1S/C14H24ClNO/c1-2-11-10-12(15)6-7-13(11)14(17)16-8-4-3-5-9-16/h11-13H,2-10H2,1H3. The van der Waals surface area contributed by atoms with Crippen LogP contribution in [-0.4, -0.2) is 29.3 Å². The normalized spacial score (nSPS) is 34.7. The summed E-state index contributed by atoms with van der Waals surface area (Å²) in [5.41, 5.74) is 0. The Kier molecular flexibility index (Phi) is 4.72. The van der Waals surface area contributed by atoms with Crippen LogP contribution in [0.4, 0.5) is 0 Å². The smallest absolute Gasteiger partial charge is 0.225 e. The zero-order chi connectivity index (χ0) is 12.3. The molecule has 2 fully saturated rings. The average molecular weight is 258 g/mol. The minimum absolute atomic E-state index is 0.257. The van der Waals surface area contributed by atoms with Crippen LogP contribution in [0.15, 0.2) is 0 Å². The van der Waals surface area contributed by atoms with Gasteiger partial charge in [0, 0.05) is 24.4 Å². The number of rotatable bonds is 2. The van der Waals surface area contributed by atoms with Gasteiger partial charge in [-0.3, -0.25) is 4.79 Å². The van der Waals surface area contributed by atoms with E-state index in [1.54, 1.807) is 0 Å². The Morgan fingerprint density at radius 2 is 1.94 bits per heavy atom. The van der Waals surface area contributed by atoms with Crippen molar-refractivity contribution in [3.63, 3.8) is 0 Å². The van der Waals surface area contributed by atoms with Crippen LogP contribution in [0.2, 0.25) is 0 Å². The molecule has 1 aliphatic carbocycles. The van der Waals surface area contributed by atoms with Crippen LogP contribution < -0.4 is 0 Å². The molecule has 0 spiro atoms. The summed E-state index contributed by atoms with van der Waals surface area (Å²) in [7, 11) is 0. The van der Waals surface area contributed by atoms with E-state index < -0.39 is 0 Å². The molecule has 3 atom stereocenters. The molecule has 1 saturated heterocycles. The molecule has 98 valence electrons. The lowest BCUT2D eigenvalue weighted by Crippen LogP contribution is -2.43. The van der Waals surface area contributed by atoms with E-state index in [0.717, 1.165) is 38.8 Å². The number of carbonyl (C=O) groups is 1. The molecule has 3 heteroatoms. The fourth-order valence-electron chi connectivity index (χ4n) is 3.33. The quantitative estimate of drug-likeness (QED) is 0.694. The topological polar surface area (TPSA) is 20.3 Å². The van der Waals surface area contributed by atoms with Gasteiger partial charge in [-0.25, -0.2) is 0 Å². The number of piperidine rings is 1. The molecular weight excluding hydrogens is 234 g/mol. The summed E-state index contributed by atoms with van der Waals surface area (Å²) in [6.45, 7) is 4.15.